The monoisotopic (exact) mass is 312 g/mol. The highest BCUT2D eigenvalue weighted by atomic mass is 79.9. The molecule has 0 aliphatic carbocycles. The highest BCUT2D eigenvalue weighted by molar-refractivity contribution is 9.10. The summed E-state index contributed by atoms with van der Waals surface area (Å²) in [4.78, 5) is 14.5. The molecule has 6 heteroatoms. The molecule has 0 atom stereocenters. The van der Waals surface area contributed by atoms with Crippen molar-refractivity contribution in [1.82, 2.24) is 4.98 Å². The van der Waals surface area contributed by atoms with Crippen molar-refractivity contribution in [3.8, 4) is 11.3 Å². The van der Waals surface area contributed by atoms with Crippen LogP contribution >= 0.6 is 27.5 Å². The summed E-state index contributed by atoms with van der Waals surface area (Å²) in [6.07, 6.45) is 1.52. The molecule has 2 rings (SSSR count). The van der Waals surface area contributed by atoms with E-state index in [1.807, 2.05) is 0 Å². The Morgan fingerprint density at radius 2 is 2.12 bits per heavy atom. The number of nitro groups is 1. The molecule has 0 radical (unpaired) electrons. The zero-order valence-electron chi connectivity index (χ0n) is 8.43. The van der Waals surface area contributed by atoms with E-state index in [1.165, 1.54) is 12.3 Å². The Morgan fingerprint density at radius 3 is 2.76 bits per heavy atom. The molecule has 0 N–H and O–H groups in total. The van der Waals surface area contributed by atoms with Crippen molar-refractivity contribution in [3.05, 3.63) is 56.1 Å². The van der Waals surface area contributed by atoms with Gasteiger partial charge in [-0.15, -0.1) is 0 Å². The second kappa shape index (κ2) is 4.81. The topological polar surface area (TPSA) is 56.0 Å². The fraction of sp³-hybridized carbons (Fsp3) is 0. The Morgan fingerprint density at radius 1 is 1.35 bits per heavy atom. The average Bonchev–Trinajstić information content (AvgIpc) is 2.28. The third-order valence-electron chi connectivity index (χ3n) is 2.13. The van der Waals surface area contributed by atoms with Gasteiger partial charge in [0, 0.05) is 27.3 Å². The Kier molecular flexibility index (Phi) is 3.40. The molecule has 0 spiro atoms. The third kappa shape index (κ3) is 2.62. The lowest BCUT2D eigenvalue weighted by Gasteiger charge is -2.03. The van der Waals surface area contributed by atoms with E-state index in [9.17, 15) is 10.1 Å². The van der Waals surface area contributed by atoms with Crippen LogP contribution in [0.5, 0.6) is 0 Å². The van der Waals surface area contributed by atoms with E-state index in [0.29, 0.717) is 20.8 Å². The Balaban J connectivity index is 2.63. The maximum absolute atomic E-state index is 10.9. The predicted molar refractivity (Wildman–Crippen MR) is 69.0 cm³/mol. The van der Waals surface area contributed by atoms with Crippen molar-refractivity contribution >= 4 is 33.2 Å². The summed E-state index contributed by atoms with van der Waals surface area (Å²) in [5.41, 5.74) is 0.874. The van der Waals surface area contributed by atoms with Gasteiger partial charge in [0.2, 0.25) is 0 Å². The molecule has 0 saturated heterocycles. The summed E-state index contributed by atoms with van der Waals surface area (Å²) in [5, 5.41) is 11.5. The van der Waals surface area contributed by atoms with Crippen LogP contribution in [0.25, 0.3) is 11.3 Å². The van der Waals surface area contributed by atoms with E-state index >= 15 is 0 Å². The number of hydrogen-bond acceptors (Lipinski definition) is 3. The van der Waals surface area contributed by atoms with E-state index in [0.717, 1.165) is 0 Å². The first-order valence-electron chi connectivity index (χ1n) is 4.64. The summed E-state index contributed by atoms with van der Waals surface area (Å²) in [6, 6.07) is 8.23. The molecule has 0 amide bonds. The van der Waals surface area contributed by atoms with Crippen LogP contribution < -0.4 is 0 Å². The molecular weight excluding hydrogens is 307 g/mol. The van der Waals surface area contributed by atoms with Gasteiger partial charge in [-0.25, -0.2) is 4.98 Å². The zero-order chi connectivity index (χ0) is 12.4. The molecule has 0 fully saturated rings. The fourth-order valence-corrected chi connectivity index (χ4v) is 1.94. The largest absolute Gasteiger partial charge is 0.296 e. The number of aromatic nitrogens is 1. The quantitative estimate of drug-likeness (QED) is 0.620. The van der Waals surface area contributed by atoms with Gasteiger partial charge in [-0.3, -0.25) is 10.1 Å². The summed E-state index contributed by atoms with van der Waals surface area (Å²) in [6.45, 7) is 0. The van der Waals surface area contributed by atoms with Gasteiger partial charge in [0.1, 0.15) is 5.69 Å². The van der Waals surface area contributed by atoms with Crippen LogP contribution in [0.2, 0.25) is 5.02 Å². The van der Waals surface area contributed by atoms with Crippen LogP contribution in [0.15, 0.2) is 41.0 Å². The van der Waals surface area contributed by atoms with Crippen LogP contribution in [-0.4, -0.2) is 9.91 Å². The summed E-state index contributed by atoms with van der Waals surface area (Å²) < 4.78 is 0.565. The highest BCUT2D eigenvalue weighted by Crippen LogP contribution is 2.31. The minimum Gasteiger partial charge on any atom is -0.258 e. The van der Waals surface area contributed by atoms with Gasteiger partial charge in [-0.2, -0.15) is 0 Å². The third-order valence-corrected chi connectivity index (χ3v) is 2.80. The lowest BCUT2D eigenvalue weighted by Crippen LogP contribution is -1.94. The normalized spacial score (nSPS) is 10.2. The minimum absolute atomic E-state index is 0.0540. The maximum Gasteiger partial charge on any atom is 0.296 e. The fourth-order valence-electron chi connectivity index (χ4n) is 1.43. The van der Waals surface area contributed by atoms with E-state index in [-0.39, 0.29) is 5.69 Å². The first-order chi connectivity index (χ1) is 8.08. The van der Waals surface area contributed by atoms with Gasteiger partial charge in [0.25, 0.3) is 5.69 Å². The molecule has 1 aromatic carbocycles. The molecule has 0 bridgehead atoms. The average molecular weight is 314 g/mol. The predicted octanol–water partition coefficient (Wildman–Crippen LogP) is 4.07. The van der Waals surface area contributed by atoms with Crippen molar-refractivity contribution < 1.29 is 4.92 Å². The Bertz CT molecular complexity index is 589. The highest BCUT2D eigenvalue weighted by Gasteiger charge is 2.17. The van der Waals surface area contributed by atoms with Crippen LogP contribution in [0.3, 0.4) is 0 Å². The van der Waals surface area contributed by atoms with E-state index in [2.05, 4.69) is 20.9 Å². The summed E-state index contributed by atoms with van der Waals surface area (Å²) >= 11 is 9.01. The molecule has 86 valence electrons. The van der Waals surface area contributed by atoms with Gasteiger partial charge in [-0.1, -0.05) is 23.7 Å². The SMILES string of the molecule is O=[N+]([O-])c1cc(Br)cnc1-c1cccc(Cl)c1. The van der Waals surface area contributed by atoms with Gasteiger partial charge >= 0.3 is 0 Å². The lowest BCUT2D eigenvalue weighted by atomic mass is 10.1. The molecule has 4 nitrogen and oxygen atoms in total. The van der Waals surface area contributed by atoms with Gasteiger partial charge in [0.15, 0.2) is 0 Å². The molecule has 2 aromatic rings. The first-order valence-corrected chi connectivity index (χ1v) is 5.81. The lowest BCUT2D eigenvalue weighted by molar-refractivity contribution is -0.384. The van der Waals surface area contributed by atoms with Gasteiger partial charge in [0.05, 0.1) is 4.92 Å². The molecule has 0 aliphatic rings. The number of pyridine rings is 1. The molecule has 0 aliphatic heterocycles. The van der Waals surface area contributed by atoms with Crippen molar-refractivity contribution in [2.24, 2.45) is 0 Å². The molecule has 1 aromatic heterocycles. The molecular formula is C11H6BrClN2O2. The zero-order valence-corrected chi connectivity index (χ0v) is 10.8. The Hall–Kier alpha value is -1.46. The van der Waals surface area contributed by atoms with Crippen molar-refractivity contribution in [2.75, 3.05) is 0 Å². The molecule has 17 heavy (non-hydrogen) atoms. The molecule has 0 saturated carbocycles. The number of halogens is 2. The summed E-state index contributed by atoms with van der Waals surface area (Å²) in [7, 11) is 0. The summed E-state index contributed by atoms with van der Waals surface area (Å²) in [5.74, 6) is 0. The number of hydrogen-bond donors (Lipinski definition) is 0. The van der Waals surface area contributed by atoms with Crippen molar-refractivity contribution in [1.29, 1.82) is 0 Å². The smallest absolute Gasteiger partial charge is 0.258 e. The minimum atomic E-state index is -0.464. The number of rotatable bonds is 2. The van der Waals surface area contributed by atoms with Crippen molar-refractivity contribution in [3.63, 3.8) is 0 Å². The molecule has 1 heterocycles. The van der Waals surface area contributed by atoms with Crippen LogP contribution in [0.4, 0.5) is 5.69 Å². The van der Waals surface area contributed by atoms with Crippen molar-refractivity contribution in [2.45, 2.75) is 0 Å². The second-order valence-corrected chi connectivity index (χ2v) is 4.64. The standard InChI is InChI=1S/C11H6BrClN2O2/c12-8-5-10(15(16)17)11(14-6-8)7-2-1-3-9(13)4-7/h1-6H. The van der Waals surface area contributed by atoms with E-state index < -0.39 is 4.92 Å². The van der Waals surface area contributed by atoms with Crippen LogP contribution in [0, 0.1) is 10.1 Å². The van der Waals surface area contributed by atoms with Gasteiger partial charge < -0.3 is 0 Å². The first kappa shape index (κ1) is 12.0. The number of nitrogens with zero attached hydrogens (tertiary/aromatic N) is 2. The van der Waals surface area contributed by atoms with Crippen LogP contribution in [-0.2, 0) is 0 Å². The molecule has 0 unspecified atom stereocenters. The van der Waals surface area contributed by atoms with E-state index in [4.69, 9.17) is 11.6 Å². The second-order valence-electron chi connectivity index (χ2n) is 3.29. The van der Waals surface area contributed by atoms with E-state index in [1.54, 1.807) is 24.3 Å². The Labute approximate surface area is 111 Å². The number of benzene rings is 1. The van der Waals surface area contributed by atoms with Crippen LogP contribution in [0.1, 0.15) is 0 Å². The van der Waals surface area contributed by atoms with Gasteiger partial charge in [-0.05, 0) is 28.1 Å². The maximum atomic E-state index is 10.9.